The Bertz CT molecular complexity index is 501. The molecule has 96 valence electrons. The summed E-state index contributed by atoms with van der Waals surface area (Å²) in [5.41, 5.74) is 10.8. The lowest BCUT2D eigenvalue weighted by Crippen LogP contribution is -2.39. The lowest BCUT2D eigenvalue weighted by atomic mass is 9.76. The number of aryl methyl sites for hydroxylation is 1. The number of nitrogens with two attached hydrogens (primary N) is 1. The van der Waals surface area contributed by atoms with Crippen molar-refractivity contribution in [3.63, 3.8) is 0 Å². The van der Waals surface area contributed by atoms with Gasteiger partial charge in [0, 0.05) is 11.2 Å². The SMILES string of the molecule is Cc1cc2c(c(C3(N)CCCCC3)c1)NC(=O)C2. The number of carbonyl (C=O) groups is 1. The quantitative estimate of drug-likeness (QED) is 0.798. The van der Waals surface area contributed by atoms with Crippen molar-refractivity contribution in [3.8, 4) is 0 Å². The first-order valence-corrected chi connectivity index (χ1v) is 6.81. The molecule has 1 fully saturated rings. The summed E-state index contributed by atoms with van der Waals surface area (Å²) >= 11 is 0. The van der Waals surface area contributed by atoms with E-state index in [2.05, 4.69) is 24.4 Å². The Labute approximate surface area is 108 Å². The van der Waals surface area contributed by atoms with Crippen molar-refractivity contribution >= 4 is 11.6 Å². The number of carbonyl (C=O) groups excluding carboxylic acids is 1. The predicted molar refractivity (Wildman–Crippen MR) is 72.5 cm³/mol. The van der Waals surface area contributed by atoms with Crippen LogP contribution in [-0.2, 0) is 16.8 Å². The molecule has 2 aliphatic rings. The molecule has 0 atom stereocenters. The minimum absolute atomic E-state index is 0.0938. The number of benzene rings is 1. The summed E-state index contributed by atoms with van der Waals surface area (Å²) in [5.74, 6) is 0.0938. The zero-order valence-corrected chi connectivity index (χ0v) is 10.9. The van der Waals surface area contributed by atoms with Gasteiger partial charge in [0.25, 0.3) is 0 Å². The smallest absolute Gasteiger partial charge is 0.228 e. The number of hydrogen-bond acceptors (Lipinski definition) is 2. The first-order valence-electron chi connectivity index (χ1n) is 6.81. The minimum atomic E-state index is -0.244. The average molecular weight is 244 g/mol. The van der Waals surface area contributed by atoms with E-state index in [-0.39, 0.29) is 11.4 Å². The van der Waals surface area contributed by atoms with Crippen LogP contribution in [0.2, 0.25) is 0 Å². The van der Waals surface area contributed by atoms with Gasteiger partial charge in [-0.25, -0.2) is 0 Å². The van der Waals surface area contributed by atoms with E-state index in [4.69, 9.17) is 5.73 Å². The Morgan fingerprint density at radius 2 is 1.94 bits per heavy atom. The summed E-state index contributed by atoms with van der Waals surface area (Å²) in [6.45, 7) is 2.08. The van der Waals surface area contributed by atoms with Crippen molar-refractivity contribution in [2.24, 2.45) is 5.73 Å². The van der Waals surface area contributed by atoms with Gasteiger partial charge in [-0.2, -0.15) is 0 Å². The highest BCUT2D eigenvalue weighted by Gasteiger charge is 2.34. The average Bonchev–Trinajstić information content (AvgIpc) is 2.69. The van der Waals surface area contributed by atoms with Crippen LogP contribution >= 0.6 is 0 Å². The molecule has 0 spiro atoms. The van der Waals surface area contributed by atoms with Crippen LogP contribution in [0.1, 0.15) is 48.8 Å². The molecule has 3 nitrogen and oxygen atoms in total. The monoisotopic (exact) mass is 244 g/mol. The van der Waals surface area contributed by atoms with Crippen LogP contribution < -0.4 is 11.1 Å². The first kappa shape index (κ1) is 11.7. The van der Waals surface area contributed by atoms with E-state index < -0.39 is 0 Å². The fraction of sp³-hybridized carbons (Fsp3) is 0.533. The molecular formula is C15H20N2O. The number of fused-ring (bicyclic) bond motifs is 1. The topological polar surface area (TPSA) is 55.1 Å². The molecule has 1 amide bonds. The summed E-state index contributed by atoms with van der Waals surface area (Å²) in [5, 5.41) is 3.00. The normalized spacial score (nSPS) is 21.6. The van der Waals surface area contributed by atoms with Crippen LogP contribution in [-0.4, -0.2) is 5.91 Å². The van der Waals surface area contributed by atoms with Crippen LogP contribution in [0.5, 0.6) is 0 Å². The van der Waals surface area contributed by atoms with Crippen LogP contribution in [0.4, 0.5) is 5.69 Å². The van der Waals surface area contributed by atoms with Gasteiger partial charge < -0.3 is 11.1 Å². The molecule has 0 saturated heterocycles. The molecule has 3 rings (SSSR count). The molecule has 1 aliphatic heterocycles. The van der Waals surface area contributed by atoms with Gasteiger partial charge in [-0.1, -0.05) is 37.0 Å². The lowest BCUT2D eigenvalue weighted by Gasteiger charge is -2.35. The second-order valence-electron chi connectivity index (χ2n) is 5.79. The Kier molecular flexibility index (Phi) is 2.67. The van der Waals surface area contributed by atoms with Gasteiger partial charge in [-0.05, 0) is 30.9 Å². The Morgan fingerprint density at radius 3 is 2.67 bits per heavy atom. The molecule has 3 N–H and O–H groups in total. The summed E-state index contributed by atoms with van der Waals surface area (Å²) in [6, 6.07) is 4.26. The number of amides is 1. The van der Waals surface area contributed by atoms with Gasteiger partial charge in [-0.3, -0.25) is 4.79 Å². The molecule has 0 bridgehead atoms. The molecule has 0 radical (unpaired) electrons. The zero-order chi connectivity index (χ0) is 12.8. The van der Waals surface area contributed by atoms with Gasteiger partial charge >= 0.3 is 0 Å². The number of anilines is 1. The van der Waals surface area contributed by atoms with Crippen molar-refractivity contribution in [2.75, 3.05) is 5.32 Å². The van der Waals surface area contributed by atoms with Gasteiger partial charge in [0.1, 0.15) is 0 Å². The minimum Gasteiger partial charge on any atom is -0.325 e. The zero-order valence-electron chi connectivity index (χ0n) is 10.9. The van der Waals surface area contributed by atoms with E-state index in [1.54, 1.807) is 0 Å². The second-order valence-corrected chi connectivity index (χ2v) is 5.79. The van der Waals surface area contributed by atoms with E-state index in [9.17, 15) is 4.79 Å². The highest BCUT2D eigenvalue weighted by molar-refractivity contribution is 6.00. The molecular weight excluding hydrogens is 224 g/mol. The van der Waals surface area contributed by atoms with Crippen molar-refractivity contribution in [3.05, 3.63) is 28.8 Å². The lowest BCUT2D eigenvalue weighted by molar-refractivity contribution is -0.115. The van der Waals surface area contributed by atoms with Crippen molar-refractivity contribution in [1.82, 2.24) is 0 Å². The Hall–Kier alpha value is -1.35. The predicted octanol–water partition coefficient (Wildman–Crippen LogP) is 2.61. The van der Waals surface area contributed by atoms with Crippen LogP contribution in [0, 0.1) is 6.92 Å². The standard InChI is InChI=1S/C15H20N2O/c1-10-7-11-9-13(18)17-14(11)12(8-10)15(16)5-3-2-4-6-15/h7-8H,2-6,9,16H2,1H3,(H,17,18). The van der Waals surface area contributed by atoms with Crippen molar-refractivity contribution in [1.29, 1.82) is 0 Å². The second kappa shape index (κ2) is 4.09. The van der Waals surface area contributed by atoms with Crippen LogP contribution in [0.25, 0.3) is 0 Å². The number of rotatable bonds is 1. The van der Waals surface area contributed by atoms with Gasteiger partial charge in [0.2, 0.25) is 5.91 Å². The van der Waals surface area contributed by atoms with Gasteiger partial charge in [0.05, 0.1) is 6.42 Å². The third-order valence-corrected chi connectivity index (χ3v) is 4.26. The van der Waals surface area contributed by atoms with Crippen molar-refractivity contribution in [2.45, 2.75) is 51.0 Å². The first-order chi connectivity index (χ1) is 8.58. The molecule has 1 aliphatic carbocycles. The number of nitrogens with one attached hydrogen (secondary N) is 1. The maximum atomic E-state index is 11.6. The van der Waals surface area contributed by atoms with E-state index in [1.165, 1.54) is 24.8 Å². The largest absolute Gasteiger partial charge is 0.325 e. The highest BCUT2D eigenvalue weighted by atomic mass is 16.1. The van der Waals surface area contributed by atoms with Crippen LogP contribution in [0.3, 0.4) is 0 Å². The summed E-state index contributed by atoms with van der Waals surface area (Å²) in [4.78, 5) is 11.6. The number of hydrogen-bond donors (Lipinski definition) is 2. The maximum absolute atomic E-state index is 11.6. The highest BCUT2D eigenvalue weighted by Crippen LogP contribution is 2.41. The summed E-state index contributed by atoms with van der Waals surface area (Å²) in [7, 11) is 0. The van der Waals surface area contributed by atoms with E-state index in [0.717, 1.165) is 29.7 Å². The Balaban J connectivity index is 2.09. The third-order valence-electron chi connectivity index (χ3n) is 4.26. The molecule has 1 aromatic carbocycles. The molecule has 18 heavy (non-hydrogen) atoms. The van der Waals surface area contributed by atoms with E-state index in [0.29, 0.717) is 6.42 Å². The summed E-state index contributed by atoms with van der Waals surface area (Å²) < 4.78 is 0. The van der Waals surface area contributed by atoms with Crippen molar-refractivity contribution < 1.29 is 4.79 Å². The Morgan fingerprint density at radius 1 is 1.22 bits per heavy atom. The summed E-state index contributed by atoms with van der Waals surface area (Å²) in [6.07, 6.45) is 6.21. The van der Waals surface area contributed by atoms with E-state index >= 15 is 0 Å². The van der Waals surface area contributed by atoms with E-state index in [1.807, 2.05) is 0 Å². The molecule has 3 heteroatoms. The fourth-order valence-corrected chi connectivity index (χ4v) is 3.35. The molecule has 0 aromatic heterocycles. The van der Waals surface area contributed by atoms with Gasteiger partial charge in [0.15, 0.2) is 0 Å². The van der Waals surface area contributed by atoms with Gasteiger partial charge in [-0.15, -0.1) is 0 Å². The fourth-order valence-electron chi connectivity index (χ4n) is 3.35. The molecule has 0 unspecified atom stereocenters. The third kappa shape index (κ3) is 1.83. The molecule has 1 saturated carbocycles. The maximum Gasteiger partial charge on any atom is 0.228 e. The van der Waals surface area contributed by atoms with Crippen LogP contribution in [0.15, 0.2) is 12.1 Å². The molecule has 1 aromatic rings. The molecule has 1 heterocycles.